The zero-order valence-electron chi connectivity index (χ0n) is 48.9. The molecule has 0 bridgehead atoms. The van der Waals surface area contributed by atoms with Gasteiger partial charge in [0.1, 0.15) is 34.8 Å². The molecule has 3 saturated heterocycles. The lowest BCUT2D eigenvalue weighted by Gasteiger charge is -2.50. The van der Waals surface area contributed by atoms with Gasteiger partial charge in [0.25, 0.3) is 0 Å². The van der Waals surface area contributed by atoms with Crippen LogP contribution in [0.1, 0.15) is 130 Å². The van der Waals surface area contributed by atoms with Crippen LogP contribution < -0.4 is 16.1 Å². The molecule has 4 aliphatic heterocycles. The third-order valence-corrected chi connectivity index (χ3v) is 17.3. The average molecular weight is 1120 g/mol. The molecule has 22 nitrogen and oxygen atoms in total. The van der Waals surface area contributed by atoms with E-state index in [-0.39, 0.29) is 68.6 Å². The zero-order chi connectivity index (χ0) is 58.6. The Balaban J connectivity index is 1.16. The maximum absolute atomic E-state index is 14.6. The first-order valence-corrected chi connectivity index (χ1v) is 28.0. The van der Waals surface area contributed by atoms with Crippen molar-refractivity contribution in [1.29, 1.82) is 0 Å². The quantitative estimate of drug-likeness (QED) is 0.0914. The molecule has 1 unspecified atom stereocenters. The van der Waals surface area contributed by atoms with E-state index in [1.165, 1.54) is 34.3 Å². The SMILES string of the molecule is CC[C@H]1OC(=O)[C@H](C)[C@@H](O[C@H]2C[C@@](C)(OC)[C@@H](OC(=O)NCCOCCNc3cc4c5c(c3)c(=O)c(C(=O)O)cn5C(C)CC4)[C@H](C)O2)[C@H](C)[C@@H](O[C@H]2O[C@@H](C)C[C@@H](N(C)C)[C@@H]2O)[C@](C)(OC)C[C@@H](C)C(=O)[C@H](C)[C@@H](O)[C@]1(C)O. The molecule has 6 N–H and O–H groups in total. The van der Waals surface area contributed by atoms with Crippen molar-refractivity contribution in [3.63, 3.8) is 0 Å². The summed E-state index contributed by atoms with van der Waals surface area (Å²) in [6.07, 6.45) is -7.63. The summed E-state index contributed by atoms with van der Waals surface area (Å²) in [6.45, 7) is 19.7. The monoisotopic (exact) mass is 1120 g/mol. The summed E-state index contributed by atoms with van der Waals surface area (Å²) < 4.78 is 58.8. The number of carbonyl (C=O) groups excluding carboxylic acids is 3. The van der Waals surface area contributed by atoms with Crippen molar-refractivity contribution in [3.8, 4) is 0 Å². The van der Waals surface area contributed by atoms with Crippen LogP contribution in [0.5, 0.6) is 0 Å². The number of ketones is 1. The number of carboxylic acid groups (broad SMARTS) is 1. The van der Waals surface area contributed by atoms with Crippen molar-refractivity contribution in [3.05, 3.63) is 39.7 Å². The molecule has 0 aliphatic carbocycles. The number of rotatable bonds is 17. The number of alkyl carbamates (subject to hydrolysis) is 1. The smallest absolute Gasteiger partial charge is 0.407 e. The lowest BCUT2D eigenvalue weighted by molar-refractivity contribution is -0.319. The Labute approximate surface area is 464 Å². The van der Waals surface area contributed by atoms with Gasteiger partial charge in [-0.15, -0.1) is 0 Å². The van der Waals surface area contributed by atoms with Gasteiger partial charge >= 0.3 is 18.0 Å². The number of hydrogen-bond acceptors (Lipinski definition) is 19. The van der Waals surface area contributed by atoms with Gasteiger partial charge in [-0.25, -0.2) is 9.59 Å². The van der Waals surface area contributed by atoms with E-state index in [1.54, 1.807) is 47.6 Å². The number of methoxy groups -OCH3 is 2. The Kier molecular flexibility index (Phi) is 21.2. The fourth-order valence-electron chi connectivity index (χ4n) is 12.4. The number of nitrogens with one attached hydrogen (secondary N) is 2. The molecule has 2 aromatic rings. The van der Waals surface area contributed by atoms with Crippen LogP contribution in [0.15, 0.2) is 23.1 Å². The molecule has 6 rings (SSSR count). The molecular formula is C57H90N4O18. The van der Waals surface area contributed by atoms with E-state index in [9.17, 15) is 44.4 Å². The van der Waals surface area contributed by atoms with Crippen molar-refractivity contribution in [2.24, 2.45) is 23.7 Å². The minimum atomic E-state index is -2.04. The molecule has 0 spiro atoms. The average Bonchev–Trinajstić information content (AvgIpc) is 3.61. The molecule has 5 heterocycles. The Morgan fingerprint density at radius 1 is 0.886 bits per heavy atom. The Bertz CT molecular complexity index is 2510. The number of aromatic carboxylic acids is 1. The molecule has 1 aromatic carbocycles. The highest BCUT2D eigenvalue weighted by Gasteiger charge is 2.55. The highest BCUT2D eigenvalue weighted by Crippen LogP contribution is 2.43. The highest BCUT2D eigenvalue weighted by molar-refractivity contribution is 5.95. The van der Waals surface area contributed by atoms with Gasteiger partial charge < -0.3 is 83.2 Å². The second kappa shape index (κ2) is 26.3. The summed E-state index contributed by atoms with van der Waals surface area (Å²) in [5.74, 6) is -6.16. The van der Waals surface area contributed by atoms with Gasteiger partial charge in [0, 0.05) is 80.8 Å². The maximum atomic E-state index is 14.6. The number of carboxylic acids is 1. The maximum Gasteiger partial charge on any atom is 0.407 e. The van der Waals surface area contributed by atoms with Gasteiger partial charge in [0.2, 0.25) is 5.43 Å². The molecule has 446 valence electrons. The number of amides is 1. The number of benzene rings is 1. The minimum absolute atomic E-state index is 0.00300. The Morgan fingerprint density at radius 2 is 1.54 bits per heavy atom. The molecule has 1 amide bonds. The van der Waals surface area contributed by atoms with Gasteiger partial charge in [-0.05, 0) is 112 Å². The first kappa shape index (κ1) is 63.8. The number of hydrogen-bond donors (Lipinski definition) is 6. The summed E-state index contributed by atoms with van der Waals surface area (Å²) >= 11 is 0. The molecule has 22 heteroatoms. The second-order valence-corrected chi connectivity index (χ2v) is 23.5. The lowest BCUT2D eigenvalue weighted by Crippen LogP contribution is -2.62. The summed E-state index contributed by atoms with van der Waals surface area (Å²) in [7, 11) is 6.69. The normalized spacial score (nSPS) is 37.8. The number of Topliss-reactive ketones (excluding diaryl/α,β-unsaturated/α-hetero) is 1. The van der Waals surface area contributed by atoms with Gasteiger partial charge in [-0.1, -0.05) is 27.7 Å². The van der Waals surface area contributed by atoms with Crippen LogP contribution in [0.25, 0.3) is 10.9 Å². The third kappa shape index (κ3) is 14.0. The largest absolute Gasteiger partial charge is 0.477 e. The Morgan fingerprint density at radius 3 is 2.18 bits per heavy atom. The molecule has 1 aromatic heterocycles. The van der Waals surface area contributed by atoms with Crippen LogP contribution in [0.2, 0.25) is 0 Å². The number of aliphatic hydroxyl groups excluding tert-OH is 2. The van der Waals surface area contributed by atoms with Crippen LogP contribution in [0.4, 0.5) is 10.5 Å². The van der Waals surface area contributed by atoms with Gasteiger partial charge in [-0.2, -0.15) is 0 Å². The second-order valence-electron chi connectivity index (χ2n) is 23.5. The topological polar surface area (TPSA) is 282 Å². The number of esters is 1. The Hall–Kier alpha value is -4.33. The van der Waals surface area contributed by atoms with E-state index in [0.29, 0.717) is 24.0 Å². The highest BCUT2D eigenvalue weighted by atomic mass is 16.7. The van der Waals surface area contributed by atoms with Crippen molar-refractivity contribution >= 4 is 40.4 Å². The van der Waals surface area contributed by atoms with Gasteiger partial charge in [0.15, 0.2) is 18.7 Å². The first-order valence-electron chi connectivity index (χ1n) is 28.0. The van der Waals surface area contributed by atoms with E-state index in [2.05, 4.69) is 10.6 Å². The summed E-state index contributed by atoms with van der Waals surface area (Å²) in [5, 5.41) is 51.3. The molecule has 4 aliphatic rings. The number of cyclic esters (lactones) is 1. The minimum Gasteiger partial charge on any atom is -0.477 e. The molecule has 0 saturated carbocycles. The molecule has 0 radical (unpaired) electrons. The van der Waals surface area contributed by atoms with E-state index in [4.69, 9.17) is 42.6 Å². The molecule has 19 atom stereocenters. The van der Waals surface area contributed by atoms with Gasteiger partial charge in [-0.3, -0.25) is 14.4 Å². The van der Waals surface area contributed by atoms with E-state index < -0.39 is 119 Å². The third-order valence-electron chi connectivity index (χ3n) is 17.3. The summed E-state index contributed by atoms with van der Waals surface area (Å²) in [6, 6.07) is 3.35. The molecule has 3 fully saturated rings. The number of aromatic nitrogens is 1. The fraction of sp³-hybridized carbons (Fsp3) is 0.772. The number of anilines is 1. The van der Waals surface area contributed by atoms with Crippen LogP contribution >= 0.6 is 0 Å². The predicted molar refractivity (Wildman–Crippen MR) is 291 cm³/mol. The predicted octanol–water partition coefficient (Wildman–Crippen LogP) is 4.82. The van der Waals surface area contributed by atoms with Crippen LogP contribution in [-0.4, -0.2) is 193 Å². The van der Waals surface area contributed by atoms with Crippen molar-refractivity contribution in [1.82, 2.24) is 14.8 Å². The summed E-state index contributed by atoms with van der Waals surface area (Å²) in [5.41, 5.74) is -3.01. The lowest BCUT2D eigenvalue weighted by atomic mass is 9.74. The zero-order valence-corrected chi connectivity index (χ0v) is 48.9. The number of pyridine rings is 1. The number of aliphatic hydroxyl groups is 3. The first-order chi connectivity index (χ1) is 37.0. The van der Waals surface area contributed by atoms with Gasteiger partial charge in [0.05, 0.1) is 60.8 Å². The number of nitrogens with zero attached hydrogens (tertiary/aromatic N) is 2. The van der Waals surface area contributed by atoms with Crippen molar-refractivity contribution in [2.75, 3.05) is 59.9 Å². The van der Waals surface area contributed by atoms with Crippen LogP contribution in [-0.2, 0) is 58.6 Å². The van der Waals surface area contributed by atoms with E-state index in [1.807, 2.05) is 50.4 Å². The molecule has 79 heavy (non-hydrogen) atoms. The standard InChI is InChI=1S/C57H90N4O18/c1-16-41-57(11,70)48(65)32(5)44(62)29(2)26-55(9,71-14)49(78-53-46(64)40(60(12)13)23-31(4)74-53)33(6)47(34(7)52(68)76-41)77-42-27-56(10,72-15)50(35(8)75-42)79-54(69)59-20-22-73-21-19-58-37-24-36-18-17-30(3)61-28-39(51(66)67)45(63)38(25-37)43(36)61/h24-25,28-35,40-42,46-50,53,58,64-65,70H,16-23,26-27H2,1-15H3,(H,59,69)(H,66,67)/t29-,30?,31+,32+,33+,34-,35+,40-,41-,42+,46+,47+,48-,49-,50+,53-,55-,56-,57-/m1/s1. The number of likely N-dealkylation sites (N-methyl/N-ethyl adjacent to an activating group) is 1. The number of ether oxygens (including phenoxy) is 9. The fourth-order valence-corrected chi connectivity index (χ4v) is 12.4. The number of carbonyl (C=O) groups is 4. The van der Waals surface area contributed by atoms with Crippen LogP contribution in [0, 0.1) is 23.7 Å². The summed E-state index contributed by atoms with van der Waals surface area (Å²) in [4.78, 5) is 69.2. The van der Waals surface area contributed by atoms with Crippen LogP contribution in [0.3, 0.4) is 0 Å². The van der Waals surface area contributed by atoms with Crippen molar-refractivity contribution in [2.45, 2.75) is 205 Å². The van der Waals surface area contributed by atoms with Crippen molar-refractivity contribution < 1.29 is 82.2 Å². The van der Waals surface area contributed by atoms with E-state index in [0.717, 1.165) is 23.9 Å². The van der Waals surface area contributed by atoms with E-state index >= 15 is 0 Å². The number of aryl methyl sites for hydroxylation is 1. The molecular weight excluding hydrogens is 1030 g/mol.